The molecule has 0 saturated heterocycles. The molecule has 0 spiro atoms. The van der Waals surface area contributed by atoms with E-state index in [1.165, 1.54) is 11.3 Å². The number of aryl methyl sites for hydroxylation is 1. The van der Waals surface area contributed by atoms with Crippen molar-refractivity contribution in [3.05, 3.63) is 65.1 Å². The van der Waals surface area contributed by atoms with E-state index in [0.717, 1.165) is 29.9 Å². The van der Waals surface area contributed by atoms with Crippen LogP contribution >= 0.6 is 11.3 Å². The number of benzene rings is 1. The van der Waals surface area contributed by atoms with Gasteiger partial charge < -0.3 is 9.88 Å². The number of aromatic nitrogens is 2. The maximum atomic E-state index is 11.8. The first-order valence-corrected chi connectivity index (χ1v) is 8.16. The minimum atomic E-state index is -0.00448. The number of imidazole rings is 1. The molecule has 0 bridgehead atoms. The summed E-state index contributed by atoms with van der Waals surface area (Å²) < 4.78 is 2.12. The molecule has 1 N–H and O–H groups in total. The molecule has 0 unspecified atom stereocenters. The fourth-order valence-corrected chi connectivity index (χ4v) is 2.92. The molecule has 0 aliphatic heterocycles. The number of nitrogens with one attached hydrogen (secondary N) is 1. The number of hydrogen-bond donors (Lipinski definition) is 1. The van der Waals surface area contributed by atoms with Crippen LogP contribution in [0.2, 0.25) is 0 Å². The lowest BCUT2D eigenvalue weighted by Gasteiger charge is -2.08. The summed E-state index contributed by atoms with van der Waals surface area (Å²) in [6, 6.07) is 12.0. The van der Waals surface area contributed by atoms with Crippen LogP contribution in [0.5, 0.6) is 0 Å². The van der Waals surface area contributed by atoms with Crippen molar-refractivity contribution < 1.29 is 4.79 Å². The van der Waals surface area contributed by atoms with Gasteiger partial charge in [0.2, 0.25) is 0 Å². The molecule has 3 aromatic rings. The minimum Gasteiger partial charge on any atom is -0.352 e. The molecule has 112 valence electrons. The van der Waals surface area contributed by atoms with Crippen molar-refractivity contribution in [2.45, 2.75) is 13.0 Å². The molecule has 1 amide bonds. The van der Waals surface area contributed by atoms with E-state index < -0.39 is 0 Å². The smallest absolute Gasteiger partial charge is 0.252 e. The minimum absolute atomic E-state index is 0.00448. The highest BCUT2D eigenvalue weighted by atomic mass is 32.1. The molecule has 5 heteroatoms. The SMILES string of the molecule is O=C(NCCCn1ccnc1-c1ccccc1)c1ccsc1. The first-order valence-electron chi connectivity index (χ1n) is 7.21. The maximum absolute atomic E-state index is 11.8. The van der Waals surface area contributed by atoms with Gasteiger partial charge in [0, 0.05) is 42.0 Å². The van der Waals surface area contributed by atoms with Crippen molar-refractivity contribution in [2.75, 3.05) is 6.54 Å². The molecule has 4 nitrogen and oxygen atoms in total. The van der Waals surface area contributed by atoms with Crippen LogP contribution < -0.4 is 5.32 Å². The predicted molar refractivity (Wildman–Crippen MR) is 88.9 cm³/mol. The quantitative estimate of drug-likeness (QED) is 0.709. The fourth-order valence-electron chi connectivity index (χ4n) is 2.28. The van der Waals surface area contributed by atoms with Crippen molar-refractivity contribution >= 4 is 17.2 Å². The summed E-state index contributed by atoms with van der Waals surface area (Å²) in [5.74, 6) is 0.958. The van der Waals surface area contributed by atoms with Crippen LogP contribution in [-0.2, 0) is 6.54 Å². The van der Waals surface area contributed by atoms with Gasteiger partial charge in [0.05, 0.1) is 0 Å². The number of carbonyl (C=O) groups excluding carboxylic acids is 1. The van der Waals surface area contributed by atoms with Gasteiger partial charge in [-0.2, -0.15) is 11.3 Å². The van der Waals surface area contributed by atoms with Gasteiger partial charge in [0.25, 0.3) is 5.91 Å². The molecule has 2 heterocycles. The number of amides is 1. The first-order chi connectivity index (χ1) is 10.8. The van der Waals surface area contributed by atoms with Crippen molar-refractivity contribution in [2.24, 2.45) is 0 Å². The van der Waals surface area contributed by atoms with Crippen molar-refractivity contribution in [1.82, 2.24) is 14.9 Å². The molecule has 0 saturated carbocycles. The van der Waals surface area contributed by atoms with Crippen LogP contribution in [0.4, 0.5) is 0 Å². The fraction of sp³-hybridized carbons (Fsp3) is 0.176. The second kappa shape index (κ2) is 7.04. The number of rotatable bonds is 6. The average Bonchev–Trinajstić information content (AvgIpc) is 3.23. The van der Waals surface area contributed by atoms with Crippen LogP contribution in [0.25, 0.3) is 11.4 Å². The number of nitrogens with zero attached hydrogens (tertiary/aromatic N) is 2. The summed E-state index contributed by atoms with van der Waals surface area (Å²) in [7, 11) is 0. The summed E-state index contributed by atoms with van der Waals surface area (Å²) in [6.07, 6.45) is 4.65. The van der Waals surface area contributed by atoms with Crippen LogP contribution in [-0.4, -0.2) is 22.0 Å². The Bertz CT molecular complexity index is 719. The molecule has 3 rings (SSSR count). The molecular weight excluding hydrogens is 294 g/mol. The average molecular weight is 311 g/mol. The van der Waals surface area contributed by atoms with Crippen molar-refractivity contribution in [3.63, 3.8) is 0 Å². The van der Waals surface area contributed by atoms with Crippen LogP contribution in [0.3, 0.4) is 0 Å². The van der Waals surface area contributed by atoms with Gasteiger partial charge in [0.15, 0.2) is 0 Å². The monoisotopic (exact) mass is 311 g/mol. The Morgan fingerprint density at radius 2 is 2.09 bits per heavy atom. The molecule has 22 heavy (non-hydrogen) atoms. The Hall–Kier alpha value is -2.40. The zero-order chi connectivity index (χ0) is 15.2. The van der Waals surface area contributed by atoms with Gasteiger partial charge in [-0.25, -0.2) is 4.98 Å². The van der Waals surface area contributed by atoms with E-state index in [1.54, 1.807) is 0 Å². The van der Waals surface area contributed by atoms with E-state index in [0.29, 0.717) is 6.54 Å². The van der Waals surface area contributed by atoms with Gasteiger partial charge >= 0.3 is 0 Å². The standard InChI is InChI=1S/C17H17N3OS/c21-17(15-7-12-22-13-15)19-8-4-10-20-11-9-18-16(20)14-5-2-1-3-6-14/h1-3,5-7,9,11-13H,4,8,10H2,(H,19,21). The van der Waals surface area contributed by atoms with E-state index >= 15 is 0 Å². The van der Waals surface area contributed by atoms with E-state index in [9.17, 15) is 4.79 Å². The number of hydrogen-bond acceptors (Lipinski definition) is 3. The highest BCUT2D eigenvalue weighted by Crippen LogP contribution is 2.16. The summed E-state index contributed by atoms with van der Waals surface area (Å²) in [4.78, 5) is 16.2. The Morgan fingerprint density at radius 3 is 2.86 bits per heavy atom. The molecular formula is C17H17N3OS. The molecule has 0 atom stereocenters. The van der Waals surface area contributed by atoms with Gasteiger partial charge in [0.1, 0.15) is 5.82 Å². The van der Waals surface area contributed by atoms with Crippen LogP contribution in [0, 0.1) is 0 Å². The lowest BCUT2D eigenvalue weighted by atomic mass is 10.2. The third kappa shape index (κ3) is 3.43. The second-order valence-corrected chi connectivity index (χ2v) is 5.71. The summed E-state index contributed by atoms with van der Waals surface area (Å²) >= 11 is 1.53. The molecule has 2 aromatic heterocycles. The highest BCUT2D eigenvalue weighted by molar-refractivity contribution is 7.08. The summed E-state index contributed by atoms with van der Waals surface area (Å²) in [6.45, 7) is 1.48. The maximum Gasteiger partial charge on any atom is 0.252 e. The van der Waals surface area contributed by atoms with Gasteiger partial charge in [-0.15, -0.1) is 0 Å². The molecule has 0 aliphatic carbocycles. The van der Waals surface area contributed by atoms with E-state index in [2.05, 4.69) is 27.0 Å². The predicted octanol–water partition coefficient (Wildman–Crippen LogP) is 3.43. The third-order valence-electron chi connectivity index (χ3n) is 3.39. The number of thiophene rings is 1. The normalized spacial score (nSPS) is 10.5. The third-order valence-corrected chi connectivity index (χ3v) is 4.08. The topological polar surface area (TPSA) is 46.9 Å². The van der Waals surface area contributed by atoms with E-state index in [1.807, 2.05) is 47.4 Å². The van der Waals surface area contributed by atoms with Crippen LogP contribution in [0.15, 0.2) is 59.6 Å². The van der Waals surface area contributed by atoms with Crippen LogP contribution in [0.1, 0.15) is 16.8 Å². The van der Waals surface area contributed by atoms with E-state index in [-0.39, 0.29) is 5.91 Å². The second-order valence-electron chi connectivity index (χ2n) is 4.93. The zero-order valence-corrected chi connectivity index (χ0v) is 12.9. The van der Waals surface area contributed by atoms with E-state index in [4.69, 9.17) is 0 Å². The Morgan fingerprint density at radius 1 is 1.23 bits per heavy atom. The first kappa shape index (κ1) is 14.5. The summed E-state index contributed by atoms with van der Waals surface area (Å²) in [5.41, 5.74) is 1.84. The van der Waals surface area contributed by atoms with Crippen molar-refractivity contribution in [3.8, 4) is 11.4 Å². The van der Waals surface area contributed by atoms with Gasteiger partial charge in [-0.1, -0.05) is 30.3 Å². The highest BCUT2D eigenvalue weighted by Gasteiger charge is 2.06. The largest absolute Gasteiger partial charge is 0.352 e. The lowest BCUT2D eigenvalue weighted by Crippen LogP contribution is -2.24. The lowest BCUT2D eigenvalue weighted by molar-refractivity contribution is 0.0953. The Kier molecular flexibility index (Phi) is 4.65. The Labute approximate surface area is 133 Å². The van der Waals surface area contributed by atoms with Crippen molar-refractivity contribution in [1.29, 1.82) is 0 Å². The Balaban J connectivity index is 1.53. The summed E-state index contributed by atoms with van der Waals surface area (Å²) in [5, 5.41) is 6.71. The molecule has 0 aliphatic rings. The molecule has 0 radical (unpaired) electrons. The van der Waals surface area contributed by atoms with Gasteiger partial charge in [-0.05, 0) is 17.9 Å². The number of carbonyl (C=O) groups is 1. The molecule has 1 aromatic carbocycles. The molecule has 0 fully saturated rings. The van der Waals surface area contributed by atoms with Gasteiger partial charge in [-0.3, -0.25) is 4.79 Å². The zero-order valence-electron chi connectivity index (χ0n) is 12.1.